The maximum absolute atomic E-state index is 13.6. The molecule has 2 heterocycles. The summed E-state index contributed by atoms with van der Waals surface area (Å²) in [7, 11) is -3.60. The van der Waals surface area contributed by atoms with Gasteiger partial charge in [0, 0.05) is 25.6 Å². The monoisotopic (exact) mass is 498 g/mol. The molecule has 0 radical (unpaired) electrons. The van der Waals surface area contributed by atoms with Gasteiger partial charge in [-0.15, -0.1) is 0 Å². The average Bonchev–Trinajstić information content (AvgIpc) is 3.33. The van der Waals surface area contributed by atoms with Gasteiger partial charge in [-0.1, -0.05) is 18.2 Å². The van der Waals surface area contributed by atoms with Gasteiger partial charge in [0.15, 0.2) is 0 Å². The number of likely N-dealkylation sites (tertiary alicyclic amines) is 1. The molecule has 0 aromatic heterocycles. The lowest BCUT2D eigenvalue weighted by Crippen LogP contribution is -2.44. The Balaban J connectivity index is 1.45. The molecule has 2 aliphatic heterocycles. The quantitative estimate of drug-likeness (QED) is 0.557. The van der Waals surface area contributed by atoms with Crippen LogP contribution in [0.2, 0.25) is 0 Å². The molecule has 2 saturated heterocycles. The van der Waals surface area contributed by atoms with Crippen LogP contribution in [-0.4, -0.2) is 49.8 Å². The second-order valence-electron chi connectivity index (χ2n) is 9.96. The second kappa shape index (κ2) is 10.3. The van der Waals surface area contributed by atoms with Gasteiger partial charge >= 0.3 is 0 Å². The van der Waals surface area contributed by atoms with Gasteiger partial charge in [-0.05, 0) is 100 Å². The van der Waals surface area contributed by atoms with Crippen LogP contribution < -0.4 is 4.74 Å². The molecule has 2 fully saturated rings. The molecular formula is C28H38N2O4S. The summed E-state index contributed by atoms with van der Waals surface area (Å²) in [5.74, 6) is 0.873. The van der Waals surface area contributed by atoms with Crippen LogP contribution in [0.15, 0.2) is 35.2 Å². The summed E-state index contributed by atoms with van der Waals surface area (Å²) in [6, 6.07) is 10.2. The van der Waals surface area contributed by atoms with Crippen LogP contribution in [0.5, 0.6) is 5.75 Å². The van der Waals surface area contributed by atoms with E-state index in [1.807, 2.05) is 57.7 Å². The summed E-state index contributed by atoms with van der Waals surface area (Å²) in [5.41, 5.74) is 4.76. The Morgan fingerprint density at radius 3 is 2.11 bits per heavy atom. The van der Waals surface area contributed by atoms with Crippen LogP contribution in [-0.2, 0) is 14.8 Å². The molecular weight excluding hydrogens is 460 g/mol. The van der Waals surface area contributed by atoms with Crippen LogP contribution in [0, 0.1) is 33.6 Å². The highest BCUT2D eigenvalue weighted by Gasteiger charge is 2.38. The number of carbonyl (C=O) groups is 1. The van der Waals surface area contributed by atoms with Crippen LogP contribution in [0.3, 0.4) is 0 Å². The molecule has 1 atom stereocenters. The second-order valence-corrected chi connectivity index (χ2v) is 11.8. The smallest absolute Gasteiger partial charge is 0.243 e. The number of sulfonamides is 1. The van der Waals surface area contributed by atoms with Crippen LogP contribution in [0.25, 0.3) is 0 Å². The van der Waals surface area contributed by atoms with Crippen molar-refractivity contribution in [1.82, 2.24) is 9.21 Å². The zero-order valence-corrected chi connectivity index (χ0v) is 22.5. The number of aryl methyl sites for hydroxylation is 2. The van der Waals surface area contributed by atoms with Crippen molar-refractivity contribution in [1.29, 1.82) is 0 Å². The fraction of sp³-hybridized carbons (Fsp3) is 0.536. The van der Waals surface area contributed by atoms with E-state index >= 15 is 0 Å². The highest BCUT2D eigenvalue weighted by Crippen LogP contribution is 2.36. The first-order valence-corrected chi connectivity index (χ1v) is 14.2. The number of rotatable bonds is 6. The molecule has 6 nitrogen and oxygen atoms in total. The van der Waals surface area contributed by atoms with Crippen molar-refractivity contribution in [3.05, 3.63) is 58.1 Å². The van der Waals surface area contributed by atoms with Gasteiger partial charge in [0.1, 0.15) is 5.75 Å². The van der Waals surface area contributed by atoms with Crippen molar-refractivity contribution in [3.8, 4) is 5.75 Å². The molecule has 2 aliphatic rings. The molecule has 2 aromatic rings. The lowest BCUT2D eigenvalue weighted by molar-refractivity contribution is -0.137. The topological polar surface area (TPSA) is 66.9 Å². The van der Waals surface area contributed by atoms with E-state index in [4.69, 9.17) is 4.74 Å². The highest BCUT2D eigenvalue weighted by atomic mass is 32.2. The molecule has 0 saturated carbocycles. The van der Waals surface area contributed by atoms with Gasteiger partial charge in [0.05, 0.1) is 17.5 Å². The number of carbonyl (C=O) groups excluding carboxylic acids is 1. The third-order valence-corrected chi connectivity index (χ3v) is 9.98. The van der Waals surface area contributed by atoms with Gasteiger partial charge in [0.25, 0.3) is 0 Å². The van der Waals surface area contributed by atoms with Gasteiger partial charge in [-0.3, -0.25) is 4.79 Å². The largest absolute Gasteiger partial charge is 0.494 e. The summed E-state index contributed by atoms with van der Waals surface area (Å²) < 4.78 is 34.3. The number of amides is 1. The molecule has 2 aromatic carbocycles. The molecule has 4 rings (SSSR count). The lowest BCUT2D eigenvalue weighted by atomic mass is 9.95. The number of hydrogen-bond acceptors (Lipinski definition) is 4. The Kier molecular flexibility index (Phi) is 7.57. The van der Waals surface area contributed by atoms with Crippen molar-refractivity contribution < 1.29 is 17.9 Å². The molecule has 7 heteroatoms. The van der Waals surface area contributed by atoms with Crippen LogP contribution in [0.4, 0.5) is 0 Å². The number of ether oxygens (including phenoxy) is 1. The highest BCUT2D eigenvalue weighted by molar-refractivity contribution is 7.89. The normalized spacial score (nSPS) is 19.8. The van der Waals surface area contributed by atoms with Crippen LogP contribution >= 0.6 is 0 Å². The minimum absolute atomic E-state index is 0.0838. The zero-order chi connectivity index (χ0) is 25.3. The maximum atomic E-state index is 13.6. The van der Waals surface area contributed by atoms with Crippen molar-refractivity contribution in [3.63, 3.8) is 0 Å². The number of hydrogen-bond donors (Lipinski definition) is 0. The van der Waals surface area contributed by atoms with Crippen molar-refractivity contribution in [2.24, 2.45) is 5.92 Å². The Hall–Kier alpha value is -2.38. The zero-order valence-electron chi connectivity index (χ0n) is 21.6. The first-order chi connectivity index (χ1) is 16.6. The predicted molar refractivity (Wildman–Crippen MR) is 138 cm³/mol. The molecule has 190 valence electrons. The maximum Gasteiger partial charge on any atom is 0.243 e. The Labute approximate surface area is 210 Å². The molecule has 1 amide bonds. The van der Waals surface area contributed by atoms with Gasteiger partial charge in [-0.2, -0.15) is 4.31 Å². The minimum Gasteiger partial charge on any atom is -0.494 e. The Morgan fingerprint density at radius 2 is 1.54 bits per heavy atom. The molecule has 0 unspecified atom stereocenters. The summed E-state index contributed by atoms with van der Waals surface area (Å²) in [5, 5.41) is 0. The van der Waals surface area contributed by atoms with Gasteiger partial charge in [0.2, 0.25) is 15.9 Å². The molecule has 0 spiro atoms. The van der Waals surface area contributed by atoms with E-state index in [1.54, 1.807) is 4.31 Å². The lowest BCUT2D eigenvalue weighted by Gasteiger charge is -2.35. The van der Waals surface area contributed by atoms with E-state index in [0.29, 0.717) is 37.4 Å². The van der Waals surface area contributed by atoms with E-state index in [-0.39, 0.29) is 17.9 Å². The number of benzene rings is 2. The molecule has 0 bridgehead atoms. The van der Waals surface area contributed by atoms with Crippen molar-refractivity contribution >= 4 is 15.9 Å². The van der Waals surface area contributed by atoms with E-state index < -0.39 is 10.0 Å². The first kappa shape index (κ1) is 25.7. The minimum atomic E-state index is -3.60. The van der Waals surface area contributed by atoms with Crippen molar-refractivity contribution in [2.75, 3.05) is 26.2 Å². The summed E-state index contributed by atoms with van der Waals surface area (Å²) in [6.45, 7) is 11.8. The predicted octanol–water partition coefficient (Wildman–Crippen LogP) is 5.08. The fourth-order valence-electron chi connectivity index (χ4n) is 5.60. The Morgan fingerprint density at radius 1 is 0.943 bits per heavy atom. The summed E-state index contributed by atoms with van der Waals surface area (Å²) in [4.78, 5) is 16.0. The Bertz CT molecular complexity index is 1160. The standard InChI is InChI=1S/C28H38N2O4S/c1-6-34-25-11-9-23(10-12-25)26-8-7-15-30(26)28(31)24-13-16-29(17-14-24)35(32,33)27-21(4)19(2)18-20(3)22(27)5/h9-12,18,24,26H,6-8,13-17H2,1-5H3/t26-/m1/s1. The van der Waals surface area contributed by atoms with Crippen LogP contribution in [0.1, 0.15) is 66.5 Å². The van der Waals surface area contributed by atoms with Gasteiger partial charge < -0.3 is 9.64 Å². The van der Waals surface area contributed by atoms with E-state index in [0.717, 1.165) is 53.0 Å². The van der Waals surface area contributed by atoms with Gasteiger partial charge in [-0.25, -0.2) is 8.42 Å². The summed E-state index contributed by atoms with van der Waals surface area (Å²) in [6.07, 6.45) is 3.07. The molecule has 0 N–H and O–H groups in total. The number of nitrogens with zero attached hydrogens (tertiary/aromatic N) is 2. The number of piperidine rings is 1. The molecule has 0 aliphatic carbocycles. The third-order valence-electron chi connectivity index (χ3n) is 7.81. The first-order valence-electron chi connectivity index (χ1n) is 12.8. The fourth-order valence-corrected chi connectivity index (χ4v) is 7.65. The third kappa shape index (κ3) is 4.98. The summed E-state index contributed by atoms with van der Waals surface area (Å²) >= 11 is 0. The van der Waals surface area contributed by atoms with E-state index in [9.17, 15) is 13.2 Å². The van der Waals surface area contributed by atoms with Crippen molar-refractivity contribution in [2.45, 2.75) is 71.2 Å². The average molecular weight is 499 g/mol. The SMILES string of the molecule is CCOc1ccc([C@H]2CCCN2C(=O)C2CCN(S(=O)(=O)c3c(C)c(C)cc(C)c3C)CC2)cc1. The molecule has 35 heavy (non-hydrogen) atoms. The van der Waals surface area contributed by atoms with E-state index in [1.165, 1.54) is 0 Å². The van der Waals surface area contributed by atoms with E-state index in [2.05, 4.69) is 12.1 Å².